The Morgan fingerprint density at radius 3 is 2.29 bits per heavy atom. The number of hydrogen-bond acceptors (Lipinski definition) is 4. The van der Waals surface area contributed by atoms with Crippen molar-refractivity contribution >= 4 is 29.2 Å². The second kappa shape index (κ2) is 10.6. The average molecular weight is 308 g/mol. The second-order valence-electron chi connectivity index (χ2n) is 3.87. The summed E-state index contributed by atoms with van der Waals surface area (Å²) in [6.07, 6.45) is 10.3. The first-order chi connectivity index (χ1) is 9.94. The number of amides is 1. The monoisotopic (exact) mass is 308 g/mol. The van der Waals surface area contributed by atoms with Crippen molar-refractivity contribution in [3.05, 3.63) is 47.7 Å². The Kier molecular flexibility index (Phi) is 9.45. The molecule has 0 aliphatic heterocycles. The highest BCUT2D eigenvalue weighted by Crippen LogP contribution is 2.05. The molecule has 0 aromatic heterocycles. The first kappa shape index (κ1) is 18.8. The minimum Gasteiger partial charge on any atom is -0.465 e. The molecule has 0 heterocycles. The lowest BCUT2D eigenvalue weighted by Gasteiger charge is -2.09. The molecule has 0 fully saturated rings. The fourth-order valence-electron chi connectivity index (χ4n) is 1.29. The van der Waals surface area contributed by atoms with Crippen molar-refractivity contribution < 1.29 is 14.3 Å². The largest absolute Gasteiger partial charge is 0.465 e. The molecule has 114 valence electrons. The van der Waals surface area contributed by atoms with Gasteiger partial charge in [0, 0.05) is 12.6 Å². The number of carbonyl (C=O) groups excluding carboxylic acids is 2. The summed E-state index contributed by atoms with van der Waals surface area (Å²) in [6.45, 7) is 5.01. The van der Waals surface area contributed by atoms with Crippen molar-refractivity contribution in [1.82, 2.24) is 10.6 Å². The van der Waals surface area contributed by atoms with Crippen molar-refractivity contribution in [2.45, 2.75) is 20.8 Å². The molecule has 0 bridgehead atoms. The van der Waals surface area contributed by atoms with Gasteiger partial charge in [-0.1, -0.05) is 24.3 Å². The van der Waals surface area contributed by atoms with Crippen molar-refractivity contribution in [3.8, 4) is 0 Å². The third kappa shape index (κ3) is 8.54. The van der Waals surface area contributed by atoms with Crippen LogP contribution in [0.15, 0.2) is 47.7 Å². The second-order valence-corrected chi connectivity index (χ2v) is 4.28. The lowest BCUT2D eigenvalue weighted by atomic mass is 10.2. The molecule has 0 radical (unpaired) electrons. The van der Waals surface area contributed by atoms with E-state index in [0.29, 0.717) is 11.3 Å². The van der Waals surface area contributed by atoms with Gasteiger partial charge in [0.1, 0.15) is 0 Å². The number of hydrogen-bond donors (Lipinski definition) is 2. The van der Waals surface area contributed by atoms with E-state index in [1.165, 1.54) is 14.0 Å². The van der Waals surface area contributed by atoms with Crippen LogP contribution in [0.2, 0.25) is 0 Å². The molecule has 0 saturated heterocycles. The van der Waals surface area contributed by atoms with Crippen molar-refractivity contribution in [1.29, 1.82) is 0 Å². The van der Waals surface area contributed by atoms with Crippen LogP contribution in [-0.2, 0) is 14.3 Å². The molecule has 6 heteroatoms. The van der Waals surface area contributed by atoms with E-state index in [4.69, 9.17) is 17.0 Å². The molecule has 5 nitrogen and oxygen atoms in total. The summed E-state index contributed by atoms with van der Waals surface area (Å²) >= 11 is 5.00. The Bertz CT molecular complexity index is 517. The number of allylic oxidation sites excluding steroid dienone is 5. The molecule has 0 rings (SSSR count). The Hall–Kier alpha value is -2.21. The van der Waals surface area contributed by atoms with Crippen LogP contribution in [0.5, 0.6) is 0 Å². The van der Waals surface area contributed by atoms with Crippen LogP contribution < -0.4 is 10.6 Å². The van der Waals surface area contributed by atoms with E-state index < -0.39 is 5.97 Å². The Balaban J connectivity index is 5.35. The third-order valence-electron chi connectivity index (χ3n) is 2.09. The zero-order chi connectivity index (χ0) is 16.3. The predicted octanol–water partition coefficient (Wildman–Crippen LogP) is 2.13. The van der Waals surface area contributed by atoms with E-state index >= 15 is 0 Å². The lowest BCUT2D eigenvalue weighted by Crippen LogP contribution is -2.37. The number of rotatable bonds is 5. The minimum absolute atomic E-state index is 0.152. The van der Waals surface area contributed by atoms with E-state index in [1.807, 2.05) is 13.0 Å². The van der Waals surface area contributed by atoms with Crippen LogP contribution >= 0.6 is 12.2 Å². The quantitative estimate of drug-likeness (QED) is 0.352. The summed E-state index contributed by atoms with van der Waals surface area (Å²) in [5.74, 6) is -0.741. The van der Waals surface area contributed by atoms with Gasteiger partial charge in [-0.2, -0.15) is 0 Å². The third-order valence-corrected chi connectivity index (χ3v) is 2.30. The number of nitrogens with one attached hydrogen (secondary N) is 2. The Morgan fingerprint density at radius 2 is 1.81 bits per heavy atom. The maximum absolute atomic E-state index is 11.7. The molecular formula is C15H20N2O3S. The van der Waals surface area contributed by atoms with E-state index in [-0.39, 0.29) is 11.0 Å². The zero-order valence-electron chi connectivity index (χ0n) is 12.6. The molecule has 0 saturated carbocycles. The van der Waals surface area contributed by atoms with Crippen LogP contribution in [-0.4, -0.2) is 24.1 Å². The van der Waals surface area contributed by atoms with Gasteiger partial charge in [-0.3, -0.25) is 4.79 Å². The van der Waals surface area contributed by atoms with Gasteiger partial charge in [-0.05, 0) is 38.2 Å². The van der Waals surface area contributed by atoms with Crippen LogP contribution in [0.4, 0.5) is 0 Å². The van der Waals surface area contributed by atoms with Crippen LogP contribution in [0.1, 0.15) is 20.8 Å². The van der Waals surface area contributed by atoms with Gasteiger partial charge < -0.3 is 15.4 Å². The lowest BCUT2D eigenvalue weighted by molar-refractivity contribution is -0.135. The zero-order valence-corrected chi connectivity index (χ0v) is 13.4. The van der Waals surface area contributed by atoms with Crippen LogP contribution in [0, 0.1) is 0 Å². The molecule has 0 aliphatic rings. The summed E-state index contributed by atoms with van der Waals surface area (Å²) in [6, 6.07) is 0. The normalized spacial score (nSPS) is 12.6. The highest BCUT2D eigenvalue weighted by molar-refractivity contribution is 7.80. The summed E-state index contributed by atoms with van der Waals surface area (Å²) < 4.78 is 4.71. The number of carbonyl (C=O) groups is 2. The van der Waals surface area contributed by atoms with Gasteiger partial charge in [0.15, 0.2) is 5.11 Å². The molecule has 1 amide bonds. The fraction of sp³-hybridized carbons (Fsp3) is 0.267. The standard InChI is InChI=1S/C15H20N2O3S/c1-5-7-9-13(17-15(21)16-11(3)18)10-12(8-6-2)14(19)20-4/h5-10H,1-4H3,(H2,16,17,18,21)/b7-5-,8-6+,12-10+,13-9+. The highest BCUT2D eigenvalue weighted by Gasteiger charge is 2.08. The number of methoxy groups -OCH3 is 1. The first-order valence-corrected chi connectivity index (χ1v) is 6.69. The van der Waals surface area contributed by atoms with Crippen molar-refractivity contribution in [2.75, 3.05) is 7.11 Å². The highest BCUT2D eigenvalue weighted by atomic mass is 32.1. The maximum Gasteiger partial charge on any atom is 0.337 e. The SMILES string of the molecule is C\C=C/C=C(\C=C(/C=C/C)C(=O)OC)NC(=S)NC(C)=O. The molecule has 0 aromatic rings. The maximum atomic E-state index is 11.7. The molecule has 0 aromatic carbocycles. The van der Waals surface area contributed by atoms with E-state index in [1.54, 1.807) is 37.3 Å². The smallest absolute Gasteiger partial charge is 0.337 e. The van der Waals surface area contributed by atoms with Crippen molar-refractivity contribution in [3.63, 3.8) is 0 Å². The van der Waals surface area contributed by atoms with Crippen LogP contribution in [0.25, 0.3) is 0 Å². The van der Waals surface area contributed by atoms with Gasteiger partial charge in [-0.25, -0.2) is 4.79 Å². The van der Waals surface area contributed by atoms with Gasteiger partial charge in [-0.15, -0.1) is 0 Å². The molecular weight excluding hydrogens is 288 g/mol. The van der Waals surface area contributed by atoms with Gasteiger partial charge in [0.05, 0.1) is 12.7 Å². The average Bonchev–Trinajstić information content (AvgIpc) is 2.42. The van der Waals surface area contributed by atoms with Gasteiger partial charge >= 0.3 is 5.97 Å². The minimum atomic E-state index is -0.466. The summed E-state index contributed by atoms with van der Waals surface area (Å²) in [5.41, 5.74) is 0.902. The van der Waals surface area contributed by atoms with E-state index in [2.05, 4.69) is 10.6 Å². The van der Waals surface area contributed by atoms with E-state index in [9.17, 15) is 9.59 Å². The van der Waals surface area contributed by atoms with Crippen molar-refractivity contribution in [2.24, 2.45) is 0 Å². The summed E-state index contributed by atoms with van der Waals surface area (Å²) in [5, 5.41) is 5.45. The first-order valence-electron chi connectivity index (χ1n) is 6.28. The molecule has 0 atom stereocenters. The molecule has 0 spiro atoms. The number of esters is 1. The predicted molar refractivity (Wildman–Crippen MR) is 87.4 cm³/mol. The van der Waals surface area contributed by atoms with E-state index in [0.717, 1.165) is 0 Å². The fourth-order valence-corrected chi connectivity index (χ4v) is 1.55. The molecule has 2 N–H and O–H groups in total. The summed E-state index contributed by atoms with van der Waals surface area (Å²) in [4.78, 5) is 22.6. The Labute approximate surface area is 130 Å². The van der Waals surface area contributed by atoms with Gasteiger partial charge in [0.25, 0.3) is 0 Å². The molecule has 0 aliphatic carbocycles. The van der Waals surface area contributed by atoms with Crippen LogP contribution in [0.3, 0.4) is 0 Å². The van der Waals surface area contributed by atoms with Gasteiger partial charge in [0.2, 0.25) is 5.91 Å². The topological polar surface area (TPSA) is 67.4 Å². The molecule has 0 unspecified atom stereocenters. The number of thiocarbonyl (C=S) groups is 1. The number of ether oxygens (including phenoxy) is 1. The molecule has 21 heavy (non-hydrogen) atoms. The summed E-state index contributed by atoms with van der Waals surface area (Å²) in [7, 11) is 1.31. The Morgan fingerprint density at radius 1 is 1.14 bits per heavy atom.